The number of aliphatic hydroxyl groups is 1. The Morgan fingerprint density at radius 1 is 1.16 bits per heavy atom. The molecule has 1 spiro atoms. The number of amides is 3. The predicted octanol–water partition coefficient (Wildman–Crippen LogP) is 4.14. The predicted molar refractivity (Wildman–Crippen MR) is 153 cm³/mol. The van der Waals surface area contributed by atoms with Crippen LogP contribution in [0.15, 0.2) is 48.5 Å². The SMILES string of the molecule is Cc1cccc(Cl)c1NC(=O)C1N(CCCCO)C(=O)[C@@H]2[C@@H](C(=O)NCc3ccccc3)[C@@H]3SC12CC3Br. The normalized spacial score (nSPS) is 29.4. The fraction of sp³-hybridized carbons (Fsp3) is 0.464. The lowest BCUT2D eigenvalue weighted by molar-refractivity contribution is -0.139. The maximum absolute atomic E-state index is 14.0. The summed E-state index contributed by atoms with van der Waals surface area (Å²) in [5.74, 6) is -1.75. The molecule has 2 bridgehead atoms. The molecule has 5 rings (SSSR count). The topological polar surface area (TPSA) is 98.7 Å². The monoisotopic (exact) mass is 619 g/mol. The van der Waals surface area contributed by atoms with Crippen LogP contribution in [-0.4, -0.2) is 61.7 Å². The number of aliphatic hydroxyl groups excluding tert-OH is 1. The first-order valence-corrected chi connectivity index (χ1v) is 15.1. The summed E-state index contributed by atoms with van der Waals surface area (Å²) in [6, 6.07) is 14.3. The molecule has 3 amide bonds. The highest BCUT2D eigenvalue weighted by Gasteiger charge is 2.75. The number of nitrogens with one attached hydrogen (secondary N) is 2. The van der Waals surface area contributed by atoms with Gasteiger partial charge in [-0.15, -0.1) is 11.8 Å². The van der Waals surface area contributed by atoms with Crippen LogP contribution in [0.1, 0.15) is 30.4 Å². The smallest absolute Gasteiger partial charge is 0.248 e. The van der Waals surface area contributed by atoms with E-state index in [1.54, 1.807) is 22.7 Å². The van der Waals surface area contributed by atoms with Crippen molar-refractivity contribution in [3.63, 3.8) is 0 Å². The second-order valence-electron chi connectivity index (χ2n) is 10.3. The van der Waals surface area contributed by atoms with Gasteiger partial charge in [0.1, 0.15) is 6.04 Å². The molecule has 0 saturated carbocycles. The minimum atomic E-state index is -0.753. The van der Waals surface area contributed by atoms with E-state index in [-0.39, 0.29) is 34.4 Å². The third-order valence-electron chi connectivity index (χ3n) is 7.93. The number of aryl methyl sites for hydroxylation is 1. The van der Waals surface area contributed by atoms with Crippen molar-refractivity contribution in [3.8, 4) is 0 Å². The zero-order valence-corrected chi connectivity index (χ0v) is 24.2. The van der Waals surface area contributed by atoms with E-state index in [0.717, 1.165) is 11.1 Å². The first-order valence-electron chi connectivity index (χ1n) is 12.9. The summed E-state index contributed by atoms with van der Waals surface area (Å²) in [5.41, 5.74) is 2.35. The lowest BCUT2D eigenvalue weighted by Crippen LogP contribution is -2.53. The van der Waals surface area contributed by atoms with E-state index in [2.05, 4.69) is 26.6 Å². The molecule has 38 heavy (non-hydrogen) atoms. The van der Waals surface area contributed by atoms with Gasteiger partial charge in [0.2, 0.25) is 17.7 Å². The van der Waals surface area contributed by atoms with Crippen LogP contribution in [-0.2, 0) is 20.9 Å². The van der Waals surface area contributed by atoms with Gasteiger partial charge in [-0.05, 0) is 43.4 Å². The number of likely N-dealkylation sites (tertiary alicyclic amines) is 1. The van der Waals surface area contributed by atoms with Gasteiger partial charge in [0.05, 0.1) is 27.3 Å². The fourth-order valence-electron chi connectivity index (χ4n) is 6.25. The van der Waals surface area contributed by atoms with Crippen LogP contribution in [0, 0.1) is 18.8 Å². The lowest BCUT2D eigenvalue weighted by atomic mass is 9.70. The van der Waals surface area contributed by atoms with Crippen LogP contribution in [0.2, 0.25) is 5.02 Å². The number of rotatable bonds is 9. The molecule has 3 heterocycles. The number of carbonyl (C=O) groups excluding carboxylic acids is 3. The van der Waals surface area contributed by atoms with E-state index >= 15 is 0 Å². The Hall–Kier alpha value is -2.07. The number of unbranched alkanes of at least 4 members (excludes halogenated alkanes) is 1. The maximum atomic E-state index is 14.0. The van der Waals surface area contributed by atoms with E-state index < -0.39 is 22.6 Å². The average molecular weight is 621 g/mol. The Bertz CT molecular complexity index is 1210. The highest BCUT2D eigenvalue weighted by molar-refractivity contribution is 9.09. The van der Waals surface area contributed by atoms with E-state index in [1.807, 2.05) is 49.4 Å². The van der Waals surface area contributed by atoms with Crippen LogP contribution in [0.3, 0.4) is 0 Å². The Labute approximate surface area is 240 Å². The molecule has 7 nitrogen and oxygen atoms in total. The second kappa shape index (κ2) is 11.2. The van der Waals surface area contributed by atoms with Gasteiger partial charge < -0.3 is 20.6 Å². The van der Waals surface area contributed by atoms with E-state index in [0.29, 0.717) is 43.1 Å². The number of fused-ring (bicyclic) bond motifs is 1. The number of anilines is 1. The molecule has 3 fully saturated rings. The zero-order chi connectivity index (χ0) is 27.0. The lowest BCUT2D eigenvalue weighted by Gasteiger charge is -2.35. The molecule has 0 aromatic heterocycles. The third kappa shape index (κ3) is 4.76. The molecule has 0 aliphatic carbocycles. The Kier molecular flexibility index (Phi) is 8.10. The Morgan fingerprint density at radius 3 is 2.63 bits per heavy atom. The van der Waals surface area contributed by atoms with Gasteiger partial charge in [0.25, 0.3) is 0 Å². The second-order valence-corrected chi connectivity index (χ2v) is 13.4. The molecule has 0 radical (unpaired) electrons. The number of thioether (sulfide) groups is 1. The molecule has 3 aliphatic rings. The van der Waals surface area contributed by atoms with Gasteiger partial charge >= 0.3 is 0 Å². The standard InChI is InChI=1S/C28H31BrClN3O4S/c1-16-8-7-11-19(30)22(16)32-26(36)24-28-14-18(29)23(38-28)20(21(28)27(37)33(24)12-5-6-13-34)25(35)31-15-17-9-3-2-4-10-17/h2-4,7-11,18,20-21,23-24,34H,5-6,12-15H2,1H3,(H,31,35)(H,32,36)/t18?,20-,21+,23-,24?,28?/m1/s1. The maximum Gasteiger partial charge on any atom is 0.248 e. The molecular weight excluding hydrogens is 590 g/mol. The van der Waals surface area contributed by atoms with Gasteiger partial charge in [0.15, 0.2) is 0 Å². The number of nitrogens with zero attached hydrogens (tertiary/aromatic N) is 1. The highest BCUT2D eigenvalue weighted by Crippen LogP contribution is 2.67. The summed E-state index contributed by atoms with van der Waals surface area (Å²) in [6.45, 7) is 2.61. The van der Waals surface area contributed by atoms with Crippen LogP contribution in [0.5, 0.6) is 0 Å². The minimum Gasteiger partial charge on any atom is -0.396 e. The zero-order valence-electron chi connectivity index (χ0n) is 21.0. The molecule has 3 saturated heterocycles. The number of halogens is 2. The Balaban J connectivity index is 1.46. The van der Waals surface area contributed by atoms with Crippen molar-refractivity contribution in [3.05, 3.63) is 64.7 Å². The largest absolute Gasteiger partial charge is 0.396 e. The van der Waals surface area contributed by atoms with Crippen molar-refractivity contribution in [2.75, 3.05) is 18.5 Å². The first kappa shape index (κ1) is 27.5. The third-order valence-corrected chi connectivity index (χ3v) is 11.5. The number of benzene rings is 2. The van der Waals surface area contributed by atoms with Gasteiger partial charge in [-0.3, -0.25) is 14.4 Å². The van der Waals surface area contributed by atoms with Crippen molar-refractivity contribution in [2.45, 2.75) is 53.6 Å². The summed E-state index contributed by atoms with van der Waals surface area (Å²) in [5, 5.41) is 15.7. The van der Waals surface area contributed by atoms with E-state index in [1.165, 1.54) is 0 Å². The summed E-state index contributed by atoms with van der Waals surface area (Å²) in [4.78, 5) is 43.2. The number of carbonyl (C=O) groups is 3. The van der Waals surface area contributed by atoms with Crippen molar-refractivity contribution in [1.29, 1.82) is 0 Å². The summed E-state index contributed by atoms with van der Waals surface area (Å²) < 4.78 is -0.733. The number of alkyl halides is 1. The van der Waals surface area contributed by atoms with Gasteiger partial charge in [0, 0.05) is 29.8 Å². The highest BCUT2D eigenvalue weighted by atomic mass is 79.9. The molecule has 3 unspecified atom stereocenters. The molecule has 202 valence electrons. The van der Waals surface area contributed by atoms with Gasteiger partial charge in [-0.1, -0.05) is 70.0 Å². The van der Waals surface area contributed by atoms with Crippen molar-refractivity contribution < 1.29 is 19.5 Å². The fourth-order valence-corrected chi connectivity index (χ4v) is 10.1. The van der Waals surface area contributed by atoms with Gasteiger partial charge in [-0.2, -0.15) is 0 Å². The summed E-state index contributed by atoms with van der Waals surface area (Å²) in [7, 11) is 0. The van der Waals surface area contributed by atoms with Crippen LogP contribution < -0.4 is 10.6 Å². The molecule has 3 aliphatic heterocycles. The number of para-hydroxylation sites is 1. The summed E-state index contributed by atoms with van der Waals surface area (Å²) >= 11 is 11.8. The average Bonchev–Trinajstić information content (AvgIpc) is 3.49. The minimum absolute atomic E-state index is 0.00114. The van der Waals surface area contributed by atoms with E-state index in [9.17, 15) is 19.5 Å². The van der Waals surface area contributed by atoms with Crippen molar-refractivity contribution >= 4 is 62.7 Å². The number of hydrogen-bond donors (Lipinski definition) is 3. The molecular formula is C28H31BrClN3O4S. The Morgan fingerprint density at radius 2 is 1.92 bits per heavy atom. The molecule has 6 atom stereocenters. The van der Waals surface area contributed by atoms with Crippen molar-refractivity contribution in [1.82, 2.24) is 10.2 Å². The van der Waals surface area contributed by atoms with Crippen LogP contribution >= 0.6 is 39.3 Å². The first-order chi connectivity index (χ1) is 18.3. The molecule has 2 aromatic rings. The number of hydrogen-bond acceptors (Lipinski definition) is 5. The molecule has 2 aromatic carbocycles. The van der Waals surface area contributed by atoms with Gasteiger partial charge in [-0.25, -0.2) is 0 Å². The quantitative estimate of drug-likeness (QED) is 0.289. The van der Waals surface area contributed by atoms with Crippen LogP contribution in [0.4, 0.5) is 5.69 Å². The van der Waals surface area contributed by atoms with E-state index in [4.69, 9.17) is 11.6 Å². The van der Waals surface area contributed by atoms with Crippen molar-refractivity contribution in [2.24, 2.45) is 11.8 Å². The van der Waals surface area contributed by atoms with Crippen LogP contribution in [0.25, 0.3) is 0 Å². The molecule has 3 N–H and O–H groups in total. The molecule has 10 heteroatoms. The summed E-state index contributed by atoms with van der Waals surface area (Å²) in [6.07, 6.45) is 1.70.